The molecule has 2 rings (SSSR count). The minimum Gasteiger partial charge on any atom is -0.304 e. The maximum Gasteiger partial charge on any atom is 0.325 e. The van der Waals surface area contributed by atoms with Gasteiger partial charge in [0.05, 0.1) is 22.4 Å². The number of aryl methyl sites for hydroxylation is 2. The lowest BCUT2D eigenvalue weighted by molar-refractivity contribution is -0.125. The van der Waals surface area contributed by atoms with Crippen LogP contribution in [0, 0.1) is 6.92 Å². The van der Waals surface area contributed by atoms with Gasteiger partial charge < -0.3 is 4.90 Å². The Morgan fingerprint density at radius 3 is 2.39 bits per heavy atom. The first-order valence-electron chi connectivity index (χ1n) is 5.56. The van der Waals surface area contributed by atoms with E-state index < -0.39 is 5.54 Å². The van der Waals surface area contributed by atoms with Crippen LogP contribution in [0.4, 0.5) is 4.79 Å². The van der Waals surface area contributed by atoms with E-state index in [0.29, 0.717) is 6.54 Å². The third-order valence-corrected chi connectivity index (χ3v) is 4.30. The normalized spacial score (nSPS) is 18.4. The molecule has 0 aliphatic carbocycles. The number of nitrogens with one attached hydrogen (secondary N) is 1. The molecule has 0 aromatic carbocycles. The van der Waals surface area contributed by atoms with Crippen molar-refractivity contribution in [2.75, 3.05) is 0 Å². The largest absolute Gasteiger partial charge is 0.325 e. The van der Waals surface area contributed by atoms with Gasteiger partial charge in [0, 0.05) is 7.05 Å². The highest BCUT2D eigenvalue weighted by atomic mass is 79.9. The highest BCUT2D eigenvalue weighted by molar-refractivity contribution is 9.10. The summed E-state index contributed by atoms with van der Waals surface area (Å²) in [5, 5.41) is 6.60. The number of rotatable bonds is 2. The van der Waals surface area contributed by atoms with Crippen molar-refractivity contribution in [3.63, 3.8) is 0 Å². The van der Waals surface area contributed by atoms with Gasteiger partial charge in [-0.15, -0.1) is 0 Å². The van der Waals surface area contributed by atoms with Gasteiger partial charge in [-0.05, 0) is 36.7 Å². The van der Waals surface area contributed by atoms with Gasteiger partial charge in [0.15, 0.2) is 0 Å². The first-order chi connectivity index (χ1) is 8.25. The van der Waals surface area contributed by atoms with Crippen LogP contribution in [0.2, 0.25) is 0 Å². The molecule has 1 fully saturated rings. The summed E-state index contributed by atoms with van der Waals surface area (Å²) in [6.07, 6.45) is 0. The molecule has 3 amide bonds. The van der Waals surface area contributed by atoms with Crippen LogP contribution in [0.1, 0.15) is 25.2 Å². The Morgan fingerprint density at radius 2 is 2.00 bits per heavy atom. The number of hydrogen-bond acceptors (Lipinski definition) is 3. The summed E-state index contributed by atoms with van der Waals surface area (Å²) in [4.78, 5) is 25.0. The molecule has 0 bridgehead atoms. The summed E-state index contributed by atoms with van der Waals surface area (Å²) in [5.74, 6) is -0.275. The summed E-state index contributed by atoms with van der Waals surface area (Å²) >= 11 is 3.45. The Morgan fingerprint density at radius 1 is 1.39 bits per heavy atom. The molecule has 98 valence electrons. The number of aromatic nitrogens is 2. The molecule has 6 nitrogen and oxygen atoms in total. The Bertz CT molecular complexity index is 535. The fourth-order valence-electron chi connectivity index (χ4n) is 1.97. The summed E-state index contributed by atoms with van der Waals surface area (Å²) in [7, 11) is 1.82. The third-order valence-electron chi connectivity index (χ3n) is 3.27. The second-order valence-corrected chi connectivity index (χ2v) is 5.67. The van der Waals surface area contributed by atoms with Crippen LogP contribution in [0.5, 0.6) is 0 Å². The zero-order valence-corrected chi connectivity index (χ0v) is 12.3. The average Bonchev–Trinajstić information content (AvgIpc) is 2.59. The van der Waals surface area contributed by atoms with E-state index in [9.17, 15) is 9.59 Å². The van der Waals surface area contributed by atoms with Crippen molar-refractivity contribution in [2.24, 2.45) is 7.05 Å². The molecule has 1 aliphatic heterocycles. The third kappa shape index (κ3) is 1.82. The molecule has 1 N–H and O–H groups in total. The Hall–Kier alpha value is -1.37. The minimum atomic E-state index is -0.839. The summed E-state index contributed by atoms with van der Waals surface area (Å²) in [6, 6.07) is -0.365. The smallest absolute Gasteiger partial charge is 0.304 e. The maximum absolute atomic E-state index is 11.8. The molecule has 2 heterocycles. The monoisotopic (exact) mass is 314 g/mol. The topological polar surface area (TPSA) is 67.2 Å². The molecule has 18 heavy (non-hydrogen) atoms. The van der Waals surface area contributed by atoms with E-state index >= 15 is 0 Å². The van der Waals surface area contributed by atoms with Crippen molar-refractivity contribution in [1.29, 1.82) is 0 Å². The van der Waals surface area contributed by atoms with Gasteiger partial charge in [-0.3, -0.25) is 14.8 Å². The van der Waals surface area contributed by atoms with Crippen LogP contribution in [0.25, 0.3) is 0 Å². The molecule has 0 radical (unpaired) electrons. The SMILES string of the molecule is Cc1nn(C)c(CN2C(=O)NC(=O)C2(C)C)c1Br. The van der Waals surface area contributed by atoms with Gasteiger partial charge in [-0.1, -0.05) is 0 Å². The van der Waals surface area contributed by atoms with E-state index in [4.69, 9.17) is 0 Å². The molecule has 1 aromatic heterocycles. The van der Waals surface area contributed by atoms with Gasteiger partial charge in [0.2, 0.25) is 0 Å². The zero-order valence-electron chi connectivity index (χ0n) is 10.7. The quantitative estimate of drug-likeness (QED) is 0.837. The van der Waals surface area contributed by atoms with Crippen LogP contribution in [0.3, 0.4) is 0 Å². The van der Waals surface area contributed by atoms with Gasteiger partial charge in [-0.2, -0.15) is 5.10 Å². The lowest BCUT2D eigenvalue weighted by Crippen LogP contribution is -2.44. The second kappa shape index (κ2) is 4.08. The van der Waals surface area contributed by atoms with E-state index in [1.807, 2.05) is 14.0 Å². The predicted octanol–water partition coefficient (Wildman–Crippen LogP) is 1.32. The van der Waals surface area contributed by atoms with Crippen molar-refractivity contribution in [3.05, 3.63) is 15.9 Å². The molecule has 7 heteroatoms. The fourth-order valence-corrected chi connectivity index (χ4v) is 2.43. The average molecular weight is 315 g/mol. The maximum atomic E-state index is 11.8. The molecular weight excluding hydrogens is 300 g/mol. The number of imide groups is 1. The first kappa shape index (κ1) is 13.1. The number of carbonyl (C=O) groups excluding carboxylic acids is 2. The van der Waals surface area contributed by atoms with Crippen molar-refractivity contribution in [3.8, 4) is 0 Å². The van der Waals surface area contributed by atoms with Crippen LogP contribution < -0.4 is 5.32 Å². The lowest BCUT2D eigenvalue weighted by atomic mass is 10.0. The van der Waals surface area contributed by atoms with Crippen molar-refractivity contribution < 1.29 is 9.59 Å². The van der Waals surface area contributed by atoms with Crippen molar-refractivity contribution in [1.82, 2.24) is 20.0 Å². The van der Waals surface area contributed by atoms with E-state index in [1.54, 1.807) is 18.5 Å². The number of urea groups is 1. The molecule has 0 atom stereocenters. The Balaban J connectivity index is 2.34. The number of hydrogen-bond donors (Lipinski definition) is 1. The molecule has 1 aliphatic rings. The number of halogens is 1. The summed E-state index contributed by atoms with van der Waals surface area (Å²) < 4.78 is 2.58. The molecule has 1 saturated heterocycles. The summed E-state index contributed by atoms with van der Waals surface area (Å²) in [6.45, 7) is 5.67. The van der Waals surface area contributed by atoms with Gasteiger partial charge in [0.1, 0.15) is 5.54 Å². The van der Waals surface area contributed by atoms with Crippen molar-refractivity contribution in [2.45, 2.75) is 32.9 Å². The van der Waals surface area contributed by atoms with Crippen LogP contribution in [-0.2, 0) is 18.4 Å². The van der Waals surface area contributed by atoms with E-state index in [1.165, 1.54) is 4.90 Å². The number of carbonyl (C=O) groups is 2. The first-order valence-corrected chi connectivity index (χ1v) is 6.35. The zero-order chi connectivity index (χ0) is 13.7. The number of amides is 3. The fraction of sp³-hybridized carbons (Fsp3) is 0.545. The van der Waals surface area contributed by atoms with Crippen LogP contribution in [0.15, 0.2) is 4.47 Å². The second-order valence-electron chi connectivity index (χ2n) is 4.87. The standard InChI is InChI=1S/C11H15BrN4O2/c1-6-8(12)7(15(4)14-6)5-16-10(18)13-9(17)11(16,2)3/h5H2,1-4H3,(H,13,17,18). The Labute approximate surface area is 113 Å². The molecule has 0 unspecified atom stereocenters. The highest BCUT2D eigenvalue weighted by Gasteiger charge is 2.45. The van der Waals surface area contributed by atoms with Crippen LogP contribution in [-0.4, -0.2) is 32.2 Å². The number of nitrogens with zero attached hydrogens (tertiary/aromatic N) is 3. The van der Waals surface area contributed by atoms with Gasteiger partial charge >= 0.3 is 6.03 Å². The van der Waals surface area contributed by atoms with Crippen molar-refractivity contribution >= 4 is 27.9 Å². The van der Waals surface area contributed by atoms with E-state index in [0.717, 1.165) is 15.9 Å². The van der Waals surface area contributed by atoms with Gasteiger partial charge in [-0.25, -0.2) is 4.79 Å². The minimum absolute atomic E-state index is 0.275. The van der Waals surface area contributed by atoms with E-state index in [2.05, 4.69) is 26.3 Å². The molecule has 0 spiro atoms. The molecule has 1 aromatic rings. The lowest BCUT2D eigenvalue weighted by Gasteiger charge is -2.27. The molecular formula is C11H15BrN4O2. The summed E-state index contributed by atoms with van der Waals surface area (Å²) in [5.41, 5.74) is 0.885. The van der Waals surface area contributed by atoms with E-state index in [-0.39, 0.29) is 11.9 Å². The Kier molecular flexibility index (Phi) is 2.96. The van der Waals surface area contributed by atoms with Crippen LogP contribution >= 0.6 is 15.9 Å². The molecule has 0 saturated carbocycles. The predicted molar refractivity (Wildman–Crippen MR) is 68.8 cm³/mol. The van der Waals surface area contributed by atoms with Gasteiger partial charge in [0.25, 0.3) is 5.91 Å². The highest BCUT2D eigenvalue weighted by Crippen LogP contribution is 2.27.